The van der Waals surface area contributed by atoms with Gasteiger partial charge in [-0.1, -0.05) is 0 Å². The molecule has 10 heteroatoms. The van der Waals surface area contributed by atoms with Gasteiger partial charge in [0.1, 0.15) is 6.04 Å². The van der Waals surface area contributed by atoms with E-state index in [1.54, 1.807) is 0 Å². The molecule has 4 nitrogen and oxygen atoms in total. The molecule has 1 atom stereocenters. The molecule has 0 heterocycles. The minimum Gasteiger partial charge on any atom is -0.493 e. The van der Waals surface area contributed by atoms with Gasteiger partial charge in [-0.3, -0.25) is 0 Å². The number of hydrogen-bond acceptors (Lipinski definition) is 4. The molecule has 0 bridgehead atoms. The molecule has 0 aliphatic heterocycles. The quantitative estimate of drug-likeness (QED) is 0.827. The van der Waals surface area contributed by atoms with Crippen molar-refractivity contribution in [3.8, 4) is 17.2 Å². The molecule has 0 amide bonds. The molecule has 0 saturated carbocycles. The minimum atomic E-state index is -5.77. The Kier molecular flexibility index (Phi) is 6.70. The van der Waals surface area contributed by atoms with Gasteiger partial charge in [0.15, 0.2) is 11.5 Å². The molecule has 128 valence electrons. The number of nitrogens with two attached hydrogens (primary N) is 1. The first kappa shape index (κ1) is 20.5. The molecule has 0 aromatic heterocycles. The van der Waals surface area contributed by atoms with Gasteiger partial charge in [-0.15, -0.1) is 12.4 Å². The van der Waals surface area contributed by atoms with E-state index >= 15 is 0 Å². The summed E-state index contributed by atoms with van der Waals surface area (Å²) in [5.41, 5.74) is 4.58. The van der Waals surface area contributed by atoms with E-state index in [9.17, 15) is 22.0 Å². The van der Waals surface area contributed by atoms with Crippen molar-refractivity contribution >= 4 is 12.4 Å². The van der Waals surface area contributed by atoms with Gasteiger partial charge in [0, 0.05) is 0 Å². The number of hydrogen-bond donors (Lipinski definition) is 1. The van der Waals surface area contributed by atoms with E-state index < -0.39 is 23.7 Å². The summed E-state index contributed by atoms with van der Waals surface area (Å²) in [5.74, 6) is -5.18. The van der Waals surface area contributed by atoms with Crippen LogP contribution >= 0.6 is 12.4 Å². The standard InChI is InChI=1S/C12H14F5NO3.ClH/c1-19-7-4-6(5-8(20-2)9(7)21-3)10(18)11(13,14)12(15,16)17;/h4-5,10H,18H2,1-3H3;1H/t10-;/m0./s1. The molecule has 0 fully saturated rings. The Bertz CT molecular complexity index is 485. The first-order valence-corrected chi connectivity index (χ1v) is 5.60. The monoisotopic (exact) mass is 351 g/mol. The summed E-state index contributed by atoms with van der Waals surface area (Å²) in [6, 6.07) is -0.705. The van der Waals surface area contributed by atoms with Gasteiger partial charge < -0.3 is 19.9 Å². The Balaban J connectivity index is 0.00000441. The summed E-state index contributed by atoms with van der Waals surface area (Å²) in [4.78, 5) is 0. The van der Waals surface area contributed by atoms with Gasteiger partial charge in [0.2, 0.25) is 5.75 Å². The van der Waals surface area contributed by atoms with Gasteiger partial charge in [0.25, 0.3) is 0 Å². The smallest absolute Gasteiger partial charge is 0.455 e. The van der Waals surface area contributed by atoms with Crippen molar-refractivity contribution in [1.29, 1.82) is 0 Å². The van der Waals surface area contributed by atoms with Crippen LogP contribution in [0, 0.1) is 0 Å². The predicted molar refractivity (Wildman–Crippen MR) is 71.3 cm³/mol. The third-order valence-electron chi connectivity index (χ3n) is 2.81. The van der Waals surface area contributed by atoms with Crippen LogP contribution in [-0.2, 0) is 0 Å². The molecule has 0 saturated heterocycles. The summed E-state index contributed by atoms with van der Waals surface area (Å²) in [6.45, 7) is 0. The van der Waals surface area contributed by atoms with Crippen molar-refractivity contribution in [3.05, 3.63) is 17.7 Å². The van der Waals surface area contributed by atoms with Crippen LogP contribution in [-0.4, -0.2) is 33.4 Å². The molecule has 1 rings (SSSR count). The maximum Gasteiger partial charge on any atom is 0.455 e. The SMILES string of the molecule is COc1cc([C@H](N)C(F)(F)C(F)(F)F)cc(OC)c1OC.Cl. The molecule has 1 aromatic rings. The number of halogens is 6. The maximum absolute atomic E-state index is 13.3. The second-order valence-corrected chi connectivity index (χ2v) is 4.06. The van der Waals surface area contributed by atoms with Crippen molar-refractivity contribution in [2.75, 3.05) is 21.3 Å². The third-order valence-corrected chi connectivity index (χ3v) is 2.81. The van der Waals surface area contributed by atoms with Crippen LogP contribution in [0.3, 0.4) is 0 Å². The Hall–Kier alpha value is -1.48. The van der Waals surface area contributed by atoms with E-state index in [0.29, 0.717) is 0 Å². The number of benzene rings is 1. The minimum absolute atomic E-state index is 0. The zero-order chi connectivity index (χ0) is 16.4. The highest BCUT2D eigenvalue weighted by Gasteiger charge is 2.61. The molecular weight excluding hydrogens is 337 g/mol. The normalized spacial score (nSPS) is 13.1. The zero-order valence-electron chi connectivity index (χ0n) is 11.8. The van der Waals surface area contributed by atoms with Crippen LogP contribution in [0.2, 0.25) is 0 Å². The van der Waals surface area contributed by atoms with Crippen molar-refractivity contribution < 1.29 is 36.2 Å². The van der Waals surface area contributed by atoms with Crippen LogP contribution < -0.4 is 19.9 Å². The van der Waals surface area contributed by atoms with Crippen LogP contribution in [0.4, 0.5) is 22.0 Å². The van der Waals surface area contributed by atoms with Crippen LogP contribution in [0.25, 0.3) is 0 Å². The van der Waals surface area contributed by atoms with E-state index in [4.69, 9.17) is 19.9 Å². The Morgan fingerprint density at radius 3 is 1.59 bits per heavy atom. The number of rotatable bonds is 5. The molecule has 22 heavy (non-hydrogen) atoms. The fourth-order valence-electron chi connectivity index (χ4n) is 1.67. The average Bonchev–Trinajstić information content (AvgIpc) is 2.43. The zero-order valence-corrected chi connectivity index (χ0v) is 12.6. The fraction of sp³-hybridized carbons (Fsp3) is 0.500. The fourth-order valence-corrected chi connectivity index (χ4v) is 1.67. The lowest BCUT2D eigenvalue weighted by Crippen LogP contribution is -2.45. The summed E-state index contributed by atoms with van der Waals surface area (Å²) in [5, 5.41) is 0. The van der Waals surface area contributed by atoms with Gasteiger partial charge in [-0.2, -0.15) is 22.0 Å². The molecule has 1 aromatic carbocycles. The second-order valence-electron chi connectivity index (χ2n) is 4.06. The summed E-state index contributed by atoms with van der Waals surface area (Å²) in [7, 11) is 3.67. The highest BCUT2D eigenvalue weighted by Crippen LogP contribution is 2.46. The van der Waals surface area contributed by atoms with Gasteiger partial charge in [-0.25, -0.2) is 0 Å². The predicted octanol–water partition coefficient (Wildman–Crippen LogP) is 3.33. The van der Waals surface area contributed by atoms with Gasteiger partial charge >= 0.3 is 12.1 Å². The molecule has 0 aliphatic rings. The van der Waals surface area contributed by atoms with E-state index in [1.165, 1.54) is 21.3 Å². The first-order chi connectivity index (χ1) is 9.60. The topological polar surface area (TPSA) is 53.7 Å². The van der Waals surface area contributed by atoms with E-state index in [2.05, 4.69) is 0 Å². The van der Waals surface area contributed by atoms with Crippen molar-refractivity contribution in [2.24, 2.45) is 5.73 Å². The third kappa shape index (κ3) is 3.64. The molecule has 0 radical (unpaired) electrons. The summed E-state index contributed by atoms with van der Waals surface area (Å²) in [6.07, 6.45) is -5.77. The van der Waals surface area contributed by atoms with Crippen molar-refractivity contribution in [1.82, 2.24) is 0 Å². The highest BCUT2D eigenvalue weighted by molar-refractivity contribution is 5.85. The summed E-state index contributed by atoms with van der Waals surface area (Å²) < 4.78 is 78.4. The molecular formula is C12H15ClF5NO3. The molecule has 0 unspecified atom stereocenters. The summed E-state index contributed by atoms with van der Waals surface area (Å²) >= 11 is 0. The Morgan fingerprint density at radius 2 is 1.32 bits per heavy atom. The lowest BCUT2D eigenvalue weighted by atomic mass is 10.00. The highest BCUT2D eigenvalue weighted by atomic mass is 35.5. The van der Waals surface area contributed by atoms with E-state index in [-0.39, 0.29) is 29.7 Å². The van der Waals surface area contributed by atoms with Crippen LogP contribution in [0.15, 0.2) is 12.1 Å². The number of ether oxygens (including phenoxy) is 3. The number of methoxy groups -OCH3 is 3. The molecule has 0 aliphatic carbocycles. The first-order valence-electron chi connectivity index (χ1n) is 5.60. The van der Waals surface area contributed by atoms with Crippen LogP contribution in [0.5, 0.6) is 17.2 Å². The van der Waals surface area contributed by atoms with Crippen molar-refractivity contribution in [3.63, 3.8) is 0 Å². The maximum atomic E-state index is 13.3. The van der Waals surface area contributed by atoms with Crippen LogP contribution in [0.1, 0.15) is 11.6 Å². The largest absolute Gasteiger partial charge is 0.493 e. The lowest BCUT2D eigenvalue weighted by molar-refractivity contribution is -0.291. The Morgan fingerprint density at radius 1 is 0.909 bits per heavy atom. The Labute approximate surface area is 129 Å². The molecule has 2 N–H and O–H groups in total. The average molecular weight is 352 g/mol. The molecule has 0 spiro atoms. The second kappa shape index (κ2) is 7.19. The lowest BCUT2D eigenvalue weighted by Gasteiger charge is -2.26. The van der Waals surface area contributed by atoms with Gasteiger partial charge in [-0.05, 0) is 17.7 Å². The van der Waals surface area contributed by atoms with Gasteiger partial charge in [0.05, 0.1) is 21.3 Å². The van der Waals surface area contributed by atoms with Crippen molar-refractivity contribution in [2.45, 2.75) is 18.1 Å². The number of alkyl halides is 5. The van der Waals surface area contributed by atoms with E-state index in [0.717, 1.165) is 12.1 Å². The van der Waals surface area contributed by atoms with E-state index in [1.807, 2.05) is 0 Å².